The molecule has 0 bridgehead atoms. The van der Waals surface area contributed by atoms with Crippen LogP contribution >= 0.6 is 0 Å². The molecule has 2 heterocycles. The Morgan fingerprint density at radius 2 is 1.80 bits per heavy atom. The molecule has 0 radical (unpaired) electrons. The number of aromatic nitrogens is 4. The summed E-state index contributed by atoms with van der Waals surface area (Å²) in [5.41, 5.74) is 0.984. The summed E-state index contributed by atoms with van der Waals surface area (Å²) in [6.45, 7) is 8.26. The molecule has 0 aliphatic heterocycles. The third-order valence-electron chi connectivity index (χ3n) is 3.01. The summed E-state index contributed by atoms with van der Waals surface area (Å²) in [5.74, 6) is 2.42. The van der Waals surface area contributed by atoms with E-state index in [0.717, 1.165) is 43.1 Å². The van der Waals surface area contributed by atoms with Gasteiger partial charge in [-0.15, -0.1) is 0 Å². The second kappa shape index (κ2) is 6.93. The lowest BCUT2D eigenvalue weighted by Gasteiger charge is -2.22. The van der Waals surface area contributed by atoms with Gasteiger partial charge in [0.25, 0.3) is 0 Å². The van der Waals surface area contributed by atoms with E-state index >= 15 is 0 Å². The third-order valence-corrected chi connectivity index (χ3v) is 3.01. The van der Waals surface area contributed by atoms with Crippen molar-refractivity contribution < 1.29 is 0 Å². The number of hydrogen-bond donors (Lipinski definition) is 0. The lowest BCUT2D eigenvalue weighted by Crippen LogP contribution is -2.25. The summed E-state index contributed by atoms with van der Waals surface area (Å²) in [6, 6.07) is 3.99. The molecule has 5 heteroatoms. The van der Waals surface area contributed by atoms with Crippen LogP contribution in [-0.2, 0) is 0 Å². The Hall–Kier alpha value is -2.04. The van der Waals surface area contributed by atoms with Gasteiger partial charge in [0.05, 0.1) is 0 Å². The standard InChI is InChI=1S/C15H21N5/c1-4-8-20(9-5-2)14-10-13(6-7-16-14)15-18-11-17-12(3)19-15/h6-7,10-11H,4-5,8-9H2,1-3H3. The third kappa shape index (κ3) is 3.50. The lowest BCUT2D eigenvalue weighted by atomic mass is 10.2. The van der Waals surface area contributed by atoms with E-state index < -0.39 is 0 Å². The average Bonchev–Trinajstić information content (AvgIpc) is 2.47. The summed E-state index contributed by atoms with van der Waals surface area (Å²) in [4.78, 5) is 19.4. The SMILES string of the molecule is CCCN(CCC)c1cc(-c2ncnc(C)n2)ccn1. The molecule has 0 spiro atoms. The monoisotopic (exact) mass is 271 g/mol. The van der Waals surface area contributed by atoms with Crippen molar-refractivity contribution in [1.82, 2.24) is 19.9 Å². The van der Waals surface area contributed by atoms with Crippen molar-refractivity contribution in [3.05, 3.63) is 30.5 Å². The Balaban J connectivity index is 2.31. The molecule has 0 saturated heterocycles. The predicted octanol–water partition coefficient (Wildman–Crippen LogP) is 2.87. The summed E-state index contributed by atoms with van der Waals surface area (Å²) < 4.78 is 0. The van der Waals surface area contributed by atoms with E-state index in [1.165, 1.54) is 0 Å². The minimum Gasteiger partial charge on any atom is -0.357 e. The number of anilines is 1. The molecule has 0 amide bonds. The van der Waals surface area contributed by atoms with Crippen molar-refractivity contribution in [2.45, 2.75) is 33.6 Å². The van der Waals surface area contributed by atoms with E-state index in [1.807, 2.05) is 19.2 Å². The Labute approximate surface area is 120 Å². The van der Waals surface area contributed by atoms with Crippen LogP contribution in [0.25, 0.3) is 11.4 Å². The van der Waals surface area contributed by atoms with E-state index in [1.54, 1.807) is 6.33 Å². The van der Waals surface area contributed by atoms with Crippen LogP contribution in [0.3, 0.4) is 0 Å². The van der Waals surface area contributed by atoms with Gasteiger partial charge in [0.15, 0.2) is 5.82 Å². The van der Waals surface area contributed by atoms with Gasteiger partial charge in [0.2, 0.25) is 0 Å². The van der Waals surface area contributed by atoms with Gasteiger partial charge in [-0.3, -0.25) is 0 Å². The number of nitrogens with zero attached hydrogens (tertiary/aromatic N) is 5. The molecule has 2 rings (SSSR count). The fraction of sp³-hybridized carbons (Fsp3) is 0.467. The van der Waals surface area contributed by atoms with E-state index in [2.05, 4.69) is 44.7 Å². The molecule has 106 valence electrons. The summed E-state index contributed by atoms with van der Waals surface area (Å²) >= 11 is 0. The first-order chi connectivity index (χ1) is 9.74. The fourth-order valence-corrected chi connectivity index (χ4v) is 2.13. The van der Waals surface area contributed by atoms with Crippen LogP contribution in [-0.4, -0.2) is 33.0 Å². The molecular formula is C15H21N5. The number of pyridine rings is 1. The van der Waals surface area contributed by atoms with Crippen molar-refractivity contribution in [2.75, 3.05) is 18.0 Å². The second-order valence-corrected chi connectivity index (χ2v) is 4.75. The first kappa shape index (κ1) is 14.4. The molecule has 0 atom stereocenters. The van der Waals surface area contributed by atoms with Crippen LogP contribution in [0.5, 0.6) is 0 Å². The van der Waals surface area contributed by atoms with Gasteiger partial charge >= 0.3 is 0 Å². The Morgan fingerprint density at radius 1 is 1.05 bits per heavy atom. The molecule has 2 aromatic heterocycles. The van der Waals surface area contributed by atoms with E-state index in [4.69, 9.17) is 0 Å². The molecule has 0 N–H and O–H groups in total. The maximum atomic E-state index is 4.48. The topological polar surface area (TPSA) is 54.8 Å². The van der Waals surface area contributed by atoms with Gasteiger partial charge in [-0.2, -0.15) is 0 Å². The molecule has 0 aliphatic carbocycles. The van der Waals surface area contributed by atoms with Gasteiger partial charge in [-0.05, 0) is 31.9 Å². The zero-order chi connectivity index (χ0) is 14.4. The van der Waals surface area contributed by atoms with Crippen molar-refractivity contribution in [3.8, 4) is 11.4 Å². The largest absolute Gasteiger partial charge is 0.357 e. The van der Waals surface area contributed by atoms with E-state index in [9.17, 15) is 0 Å². The van der Waals surface area contributed by atoms with Gasteiger partial charge in [0.1, 0.15) is 18.0 Å². The Morgan fingerprint density at radius 3 is 2.45 bits per heavy atom. The van der Waals surface area contributed by atoms with Crippen LogP contribution in [0.15, 0.2) is 24.7 Å². The number of aryl methyl sites for hydroxylation is 1. The number of hydrogen-bond acceptors (Lipinski definition) is 5. The highest BCUT2D eigenvalue weighted by atomic mass is 15.2. The number of rotatable bonds is 6. The molecule has 5 nitrogen and oxygen atoms in total. The maximum Gasteiger partial charge on any atom is 0.163 e. The van der Waals surface area contributed by atoms with Gasteiger partial charge in [-0.25, -0.2) is 19.9 Å². The summed E-state index contributed by atoms with van der Waals surface area (Å²) in [6.07, 6.45) is 5.59. The van der Waals surface area contributed by atoms with Crippen LogP contribution in [0.2, 0.25) is 0 Å². The zero-order valence-corrected chi connectivity index (χ0v) is 12.4. The normalized spacial score (nSPS) is 10.6. The van der Waals surface area contributed by atoms with E-state index in [0.29, 0.717) is 5.82 Å². The molecule has 0 fully saturated rings. The molecule has 0 aliphatic rings. The lowest BCUT2D eigenvalue weighted by molar-refractivity contribution is 0.734. The minimum absolute atomic E-state index is 0.703. The molecule has 20 heavy (non-hydrogen) atoms. The first-order valence-corrected chi connectivity index (χ1v) is 7.11. The second-order valence-electron chi connectivity index (χ2n) is 4.75. The average molecular weight is 271 g/mol. The molecule has 0 aromatic carbocycles. The van der Waals surface area contributed by atoms with Crippen LogP contribution in [0.4, 0.5) is 5.82 Å². The van der Waals surface area contributed by atoms with Crippen molar-refractivity contribution in [2.24, 2.45) is 0 Å². The molecular weight excluding hydrogens is 250 g/mol. The highest BCUT2D eigenvalue weighted by Crippen LogP contribution is 2.20. The minimum atomic E-state index is 0.703. The van der Waals surface area contributed by atoms with E-state index in [-0.39, 0.29) is 0 Å². The Kier molecular flexibility index (Phi) is 4.98. The molecule has 2 aromatic rings. The van der Waals surface area contributed by atoms with Crippen LogP contribution in [0.1, 0.15) is 32.5 Å². The fourth-order valence-electron chi connectivity index (χ4n) is 2.13. The zero-order valence-electron chi connectivity index (χ0n) is 12.4. The van der Waals surface area contributed by atoms with Gasteiger partial charge < -0.3 is 4.90 Å². The summed E-state index contributed by atoms with van der Waals surface area (Å²) in [7, 11) is 0. The van der Waals surface area contributed by atoms with Crippen molar-refractivity contribution >= 4 is 5.82 Å². The van der Waals surface area contributed by atoms with Crippen LogP contribution in [0, 0.1) is 6.92 Å². The smallest absolute Gasteiger partial charge is 0.163 e. The van der Waals surface area contributed by atoms with Crippen molar-refractivity contribution in [3.63, 3.8) is 0 Å². The Bertz CT molecular complexity index is 549. The molecule has 0 saturated carbocycles. The van der Waals surface area contributed by atoms with Crippen molar-refractivity contribution in [1.29, 1.82) is 0 Å². The van der Waals surface area contributed by atoms with Crippen LogP contribution < -0.4 is 4.90 Å². The maximum absolute atomic E-state index is 4.48. The first-order valence-electron chi connectivity index (χ1n) is 7.11. The molecule has 0 unspecified atom stereocenters. The highest BCUT2D eigenvalue weighted by Gasteiger charge is 2.09. The highest BCUT2D eigenvalue weighted by molar-refractivity contribution is 5.59. The summed E-state index contributed by atoms with van der Waals surface area (Å²) in [5, 5.41) is 0. The quantitative estimate of drug-likeness (QED) is 0.808. The van der Waals surface area contributed by atoms with Gasteiger partial charge in [-0.1, -0.05) is 13.8 Å². The van der Waals surface area contributed by atoms with Gasteiger partial charge in [0, 0.05) is 24.8 Å². The predicted molar refractivity (Wildman–Crippen MR) is 80.6 cm³/mol.